The SMILES string of the molecule is O=C1C=CN(Cc2cccs2)C(c2ccc(-c3ccccc3)cc2)C1. The molecule has 0 amide bonds. The Morgan fingerprint density at radius 2 is 1.68 bits per heavy atom. The van der Waals surface area contributed by atoms with Gasteiger partial charge >= 0.3 is 0 Å². The van der Waals surface area contributed by atoms with Gasteiger partial charge < -0.3 is 4.90 Å². The van der Waals surface area contributed by atoms with Gasteiger partial charge in [0.15, 0.2) is 5.78 Å². The Kier molecular flexibility index (Phi) is 4.49. The zero-order chi connectivity index (χ0) is 17.1. The number of allylic oxidation sites excluding steroid dienone is 1. The van der Waals surface area contributed by atoms with Gasteiger partial charge in [-0.15, -0.1) is 11.3 Å². The van der Waals surface area contributed by atoms with Gasteiger partial charge in [0.1, 0.15) is 0 Å². The van der Waals surface area contributed by atoms with Crippen LogP contribution >= 0.6 is 11.3 Å². The molecule has 4 rings (SSSR count). The predicted molar refractivity (Wildman–Crippen MR) is 103 cm³/mol. The van der Waals surface area contributed by atoms with E-state index in [0.717, 1.165) is 6.54 Å². The standard InChI is InChI=1S/C22H19NOS/c24-20-12-13-23(16-21-7-4-14-25-21)22(15-20)19-10-8-18(9-11-19)17-5-2-1-3-6-17/h1-14,22H,15-16H2. The quantitative estimate of drug-likeness (QED) is 0.627. The smallest absolute Gasteiger partial charge is 0.159 e. The van der Waals surface area contributed by atoms with Crippen molar-refractivity contribution in [3.63, 3.8) is 0 Å². The summed E-state index contributed by atoms with van der Waals surface area (Å²) >= 11 is 1.75. The molecule has 0 saturated heterocycles. The van der Waals surface area contributed by atoms with Crippen molar-refractivity contribution in [3.8, 4) is 11.1 Å². The fraction of sp³-hybridized carbons (Fsp3) is 0.136. The maximum atomic E-state index is 12.0. The van der Waals surface area contributed by atoms with E-state index in [1.807, 2.05) is 12.3 Å². The molecule has 2 heterocycles. The summed E-state index contributed by atoms with van der Waals surface area (Å²) in [5.74, 6) is 0.194. The Morgan fingerprint density at radius 3 is 2.40 bits per heavy atom. The Balaban J connectivity index is 1.59. The van der Waals surface area contributed by atoms with Crippen LogP contribution in [0, 0.1) is 0 Å². The molecule has 124 valence electrons. The summed E-state index contributed by atoms with van der Waals surface area (Å²) in [4.78, 5) is 15.6. The van der Waals surface area contributed by atoms with Gasteiger partial charge in [0, 0.05) is 17.5 Å². The Morgan fingerprint density at radius 1 is 0.920 bits per heavy atom. The van der Waals surface area contributed by atoms with E-state index in [1.54, 1.807) is 17.4 Å². The van der Waals surface area contributed by atoms with Crippen LogP contribution in [-0.2, 0) is 11.3 Å². The van der Waals surface area contributed by atoms with Crippen molar-refractivity contribution < 1.29 is 4.79 Å². The van der Waals surface area contributed by atoms with Crippen molar-refractivity contribution in [2.75, 3.05) is 0 Å². The van der Waals surface area contributed by atoms with Gasteiger partial charge in [-0.05, 0) is 34.2 Å². The molecule has 0 saturated carbocycles. The highest BCUT2D eigenvalue weighted by Gasteiger charge is 2.24. The average Bonchev–Trinajstić information content (AvgIpc) is 3.17. The van der Waals surface area contributed by atoms with Gasteiger partial charge in [0.05, 0.1) is 12.6 Å². The minimum atomic E-state index is 0.101. The molecule has 2 aromatic carbocycles. The fourth-order valence-corrected chi connectivity index (χ4v) is 3.95. The fourth-order valence-electron chi connectivity index (χ4n) is 3.24. The lowest BCUT2D eigenvalue weighted by atomic mass is 9.95. The molecule has 0 aliphatic carbocycles. The van der Waals surface area contributed by atoms with Crippen LogP contribution in [0.15, 0.2) is 84.4 Å². The summed E-state index contributed by atoms with van der Waals surface area (Å²) in [6, 6.07) is 23.3. The minimum Gasteiger partial charge on any atom is -0.365 e. The molecule has 0 N–H and O–H groups in total. The largest absolute Gasteiger partial charge is 0.365 e. The molecule has 1 aromatic heterocycles. The van der Waals surface area contributed by atoms with Crippen LogP contribution in [0.4, 0.5) is 0 Å². The van der Waals surface area contributed by atoms with Crippen molar-refractivity contribution in [1.82, 2.24) is 4.90 Å². The summed E-state index contributed by atoms with van der Waals surface area (Å²) < 4.78 is 0. The van der Waals surface area contributed by atoms with Crippen LogP contribution in [0.1, 0.15) is 22.9 Å². The second-order valence-electron chi connectivity index (χ2n) is 6.24. The van der Waals surface area contributed by atoms with E-state index in [9.17, 15) is 4.79 Å². The summed E-state index contributed by atoms with van der Waals surface area (Å²) in [5, 5.41) is 2.10. The molecule has 1 unspecified atom stereocenters. The lowest BCUT2D eigenvalue weighted by Gasteiger charge is -2.33. The Hall–Kier alpha value is -2.65. The van der Waals surface area contributed by atoms with Crippen LogP contribution in [0.25, 0.3) is 11.1 Å². The first-order chi connectivity index (χ1) is 12.3. The molecular weight excluding hydrogens is 326 g/mol. The van der Waals surface area contributed by atoms with E-state index in [1.165, 1.54) is 21.6 Å². The first kappa shape index (κ1) is 15.9. The third-order valence-corrected chi connectivity index (χ3v) is 5.43. The van der Waals surface area contributed by atoms with Gasteiger partial charge in [-0.25, -0.2) is 0 Å². The van der Waals surface area contributed by atoms with Crippen molar-refractivity contribution in [3.05, 3.63) is 94.8 Å². The van der Waals surface area contributed by atoms with E-state index in [-0.39, 0.29) is 11.8 Å². The summed E-state index contributed by atoms with van der Waals surface area (Å²) in [6.45, 7) is 0.840. The Bertz CT molecular complexity index is 866. The molecule has 3 aromatic rings. The number of hydrogen-bond acceptors (Lipinski definition) is 3. The number of nitrogens with zero attached hydrogens (tertiary/aromatic N) is 1. The monoisotopic (exact) mass is 345 g/mol. The van der Waals surface area contributed by atoms with Gasteiger partial charge in [-0.3, -0.25) is 4.79 Å². The highest BCUT2D eigenvalue weighted by molar-refractivity contribution is 7.09. The maximum Gasteiger partial charge on any atom is 0.159 e. The molecule has 1 aliphatic heterocycles. The topological polar surface area (TPSA) is 20.3 Å². The van der Waals surface area contributed by atoms with Crippen LogP contribution in [-0.4, -0.2) is 10.7 Å². The average molecular weight is 345 g/mol. The van der Waals surface area contributed by atoms with Crippen molar-refractivity contribution >= 4 is 17.1 Å². The molecule has 25 heavy (non-hydrogen) atoms. The molecular formula is C22H19NOS. The molecule has 2 nitrogen and oxygen atoms in total. The number of carbonyl (C=O) groups is 1. The summed E-state index contributed by atoms with van der Waals surface area (Å²) in [6.07, 6.45) is 4.18. The van der Waals surface area contributed by atoms with Crippen molar-refractivity contribution in [1.29, 1.82) is 0 Å². The lowest BCUT2D eigenvalue weighted by Crippen LogP contribution is -2.28. The second-order valence-corrected chi connectivity index (χ2v) is 7.27. The van der Waals surface area contributed by atoms with Gasteiger partial charge in [-0.2, -0.15) is 0 Å². The normalized spacial score (nSPS) is 17.0. The minimum absolute atomic E-state index is 0.101. The zero-order valence-electron chi connectivity index (χ0n) is 13.8. The number of hydrogen-bond donors (Lipinski definition) is 0. The zero-order valence-corrected chi connectivity index (χ0v) is 14.7. The number of ketones is 1. The predicted octanol–water partition coefficient (Wildman–Crippen LogP) is 5.44. The van der Waals surface area contributed by atoms with Crippen LogP contribution < -0.4 is 0 Å². The second kappa shape index (κ2) is 7.08. The lowest BCUT2D eigenvalue weighted by molar-refractivity contribution is -0.116. The van der Waals surface area contributed by atoms with Crippen molar-refractivity contribution in [2.24, 2.45) is 0 Å². The van der Waals surface area contributed by atoms with E-state index in [2.05, 4.69) is 70.9 Å². The van der Waals surface area contributed by atoms with Crippen LogP contribution in [0.2, 0.25) is 0 Å². The number of thiophene rings is 1. The van der Waals surface area contributed by atoms with Gasteiger partial charge in [-0.1, -0.05) is 60.7 Å². The van der Waals surface area contributed by atoms with Crippen LogP contribution in [0.3, 0.4) is 0 Å². The summed E-state index contributed by atoms with van der Waals surface area (Å²) in [7, 11) is 0. The first-order valence-corrected chi connectivity index (χ1v) is 9.32. The third kappa shape index (κ3) is 3.57. The van der Waals surface area contributed by atoms with Crippen LogP contribution in [0.5, 0.6) is 0 Å². The maximum absolute atomic E-state index is 12.0. The van der Waals surface area contributed by atoms with E-state index in [4.69, 9.17) is 0 Å². The highest BCUT2D eigenvalue weighted by atomic mass is 32.1. The molecule has 0 spiro atoms. The summed E-state index contributed by atoms with van der Waals surface area (Å²) in [5.41, 5.74) is 3.60. The first-order valence-electron chi connectivity index (χ1n) is 8.44. The van der Waals surface area contributed by atoms with E-state index >= 15 is 0 Å². The molecule has 0 radical (unpaired) electrons. The molecule has 0 fully saturated rings. The molecule has 1 aliphatic rings. The molecule has 0 bridgehead atoms. The van der Waals surface area contributed by atoms with Gasteiger partial charge in [0.25, 0.3) is 0 Å². The van der Waals surface area contributed by atoms with Gasteiger partial charge in [0.2, 0.25) is 0 Å². The van der Waals surface area contributed by atoms with E-state index in [0.29, 0.717) is 6.42 Å². The third-order valence-electron chi connectivity index (χ3n) is 4.57. The van der Waals surface area contributed by atoms with Crippen molar-refractivity contribution in [2.45, 2.75) is 19.0 Å². The highest BCUT2D eigenvalue weighted by Crippen LogP contribution is 2.32. The van der Waals surface area contributed by atoms with E-state index < -0.39 is 0 Å². The number of benzene rings is 2. The number of carbonyl (C=O) groups excluding carboxylic acids is 1. The Labute approximate surface area is 152 Å². The molecule has 1 atom stereocenters. The number of rotatable bonds is 4. The molecule has 3 heteroatoms.